The van der Waals surface area contributed by atoms with Gasteiger partial charge in [0.15, 0.2) is 0 Å². The Morgan fingerprint density at radius 2 is 1.55 bits per heavy atom. The van der Waals surface area contributed by atoms with E-state index in [1.807, 2.05) is 24.3 Å². The molecular weight excluding hydrogens is 338 g/mol. The van der Waals surface area contributed by atoms with Crippen LogP contribution in [0.15, 0.2) is 53.0 Å². The van der Waals surface area contributed by atoms with E-state index in [0.29, 0.717) is 6.61 Å². The van der Waals surface area contributed by atoms with Gasteiger partial charge in [-0.3, -0.25) is 0 Å². The Labute approximate surface area is 141 Å². The minimum absolute atomic E-state index is 0.713. The highest BCUT2D eigenvalue weighted by Crippen LogP contribution is 2.21. The number of ether oxygens (including phenoxy) is 1. The predicted octanol–water partition coefficient (Wildman–Crippen LogP) is 5.06. The van der Waals surface area contributed by atoms with Crippen LogP contribution in [-0.2, 0) is 6.42 Å². The van der Waals surface area contributed by atoms with Gasteiger partial charge in [0.05, 0.1) is 6.61 Å². The summed E-state index contributed by atoms with van der Waals surface area (Å²) in [4.78, 5) is 2.49. The third-order valence-corrected chi connectivity index (χ3v) is 4.66. The fourth-order valence-electron chi connectivity index (χ4n) is 2.84. The number of rotatable bonds is 5. The molecular formula is C19H22BrNO. The molecule has 0 aliphatic carbocycles. The van der Waals surface area contributed by atoms with Crippen molar-refractivity contribution < 1.29 is 4.74 Å². The second kappa shape index (κ2) is 7.68. The first-order chi connectivity index (χ1) is 10.8. The largest absolute Gasteiger partial charge is 0.493 e. The molecule has 0 N–H and O–H groups in total. The van der Waals surface area contributed by atoms with Gasteiger partial charge in [0.1, 0.15) is 5.75 Å². The van der Waals surface area contributed by atoms with Gasteiger partial charge < -0.3 is 9.64 Å². The molecule has 0 amide bonds. The molecule has 0 atom stereocenters. The highest BCUT2D eigenvalue weighted by atomic mass is 79.9. The van der Waals surface area contributed by atoms with Crippen LogP contribution < -0.4 is 9.64 Å². The summed E-state index contributed by atoms with van der Waals surface area (Å²) in [5.74, 6) is 0.924. The third-order valence-electron chi connectivity index (χ3n) is 4.13. The Balaban J connectivity index is 1.49. The number of nitrogens with zero attached hydrogens (tertiary/aromatic N) is 1. The lowest BCUT2D eigenvalue weighted by molar-refractivity contribution is 0.322. The zero-order valence-electron chi connectivity index (χ0n) is 12.8. The van der Waals surface area contributed by atoms with E-state index >= 15 is 0 Å². The Morgan fingerprint density at radius 1 is 0.864 bits per heavy atom. The summed E-state index contributed by atoms with van der Waals surface area (Å²) >= 11 is 3.43. The molecule has 0 radical (unpaired) electrons. The summed E-state index contributed by atoms with van der Waals surface area (Å²) in [6, 6.07) is 16.9. The lowest BCUT2D eigenvalue weighted by Crippen LogP contribution is -2.29. The molecule has 3 rings (SSSR count). The van der Waals surface area contributed by atoms with E-state index in [1.165, 1.54) is 43.6 Å². The summed E-state index contributed by atoms with van der Waals surface area (Å²) in [5, 5.41) is 0. The van der Waals surface area contributed by atoms with Crippen molar-refractivity contribution in [2.75, 3.05) is 24.6 Å². The number of piperidine rings is 1. The highest BCUT2D eigenvalue weighted by molar-refractivity contribution is 9.10. The Morgan fingerprint density at radius 3 is 2.23 bits per heavy atom. The zero-order chi connectivity index (χ0) is 15.2. The number of halogens is 1. The van der Waals surface area contributed by atoms with E-state index in [4.69, 9.17) is 4.74 Å². The molecule has 0 saturated carbocycles. The smallest absolute Gasteiger partial charge is 0.119 e. The lowest BCUT2D eigenvalue weighted by atomic mass is 10.1. The third kappa shape index (κ3) is 4.26. The minimum atomic E-state index is 0.713. The predicted molar refractivity (Wildman–Crippen MR) is 95.8 cm³/mol. The molecule has 22 heavy (non-hydrogen) atoms. The number of benzene rings is 2. The van der Waals surface area contributed by atoms with Crippen LogP contribution in [0.1, 0.15) is 24.8 Å². The Hall–Kier alpha value is -1.48. The first kappa shape index (κ1) is 15.4. The first-order valence-electron chi connectivity index (χ1n) is 8.03. The highest BCUT2D eigenvalue weighted by Gasteiger charge is 2.10. The number of hydrogen-bond donors (Lipinski definition) is 0. The van der Waals surface area contributed by atoms with Crippen molar-refractivity contribution in [3.8, 4) is 5.75 Å². The van der Waals surface area contributed by atoms with Gasteiger partial charge in [-0.25, -0.2) is 0 Å². The van der Waals surface area contributed by atoms with Gasteiger partial charge in [-0.15, -0.1) is 0 Å². The maximum Gasteiger partial charge on any atom is 0.119 e. The van der Waals surface area contributed by atoms with Gasteiger partial charge >= 0.3 is 0 Å². The summed E-state index contributed by atoms with van der Waals surface area (Å²) in [6.45, 7) is 3.11. The van der Waals surface area contributed by atoms with Crippen LogP contribution in [0.5, 0.6) is 5.75 Å². The molecule has 1 aliphatic heterocycles. The molecule has 1 heterocycles. The Bertz CT molecular complexity index is 573. The summed E-state index contributed by atoms with van der Waals surface area (Å²) in [6.07, 6.45) is 4.96. The van der Waals surface area contributed by atoms with Crippen molar-refractivity contribution in [1.82, 2.24) is 0 Å². The molecule has 0 aromatic heterocycles. The van der Waals surface area contributed by atoms with Crippen LogP contribution in [0.2, 0.25) is 0 Å². The average molecular weight is 360 g/mol. The van der Waals surface area contributed by atoms with Gasteiger partial charge in [0.2, 0.25) is 0 Å². The molecule has 2 aromatic rings. The van der Waals surface area contributed by atoms with Crippen molar-refractivity contribution in [3.05, 3.63) is 58.6 Å². The van der Waals surface area contributed by atoms with Crippen LogP contribution in [-0.4, -0.2) is 19.7 Å². The van der Waals surface area contributed by atoms with Crippen molar-refractivity contribution >= 4 is 21.6 Å². The van der Waals surface area contributed by atoms with Crippen molar-refractivity contribution in [2.45, 2.75) is 25.7 Å². The fraction of sp³-hybridized carbons (Fsp3) is 0.368. The molecule has 2 nitrogen and oxygen atoms in total. The zero-order valence-corrected chi connectivity index (χ0v) is 14.4. The van der Waals surface area contributed by atoms with Crippen LogP contribution in [0.25, 0.3) is 0 Å². The molecule has 1 fully saturated rings. The van der Waals surface area contributed by atoms with Gasteiger partial charge in [-0.05, 0) is 61.2 Å². The van der Waals surface area contributed by atoms with Crippen molar-refractivity contribution in [3.63, 3.8) is 0 Å². The Kier molecular flexibility index (Phi) is 5.38. The molecule has 1 saturated heterocycles. The van der Waals surface area contributed by atoms with Crippen LogP contribution in [0, 0.1) is 0 Å². The van der Waals surface area contributed by atoms with Crippen molar-refractivity contribution in [1.29, 1.82) is 0 Å². The summed E-state index contributed by atoms with van der Waals surface area (Å²) in [5.41, 5.74) is 2.69. The van der Waals surface area contributed by atoms with Crippen LogP contribution >= 0.6 is 15.9 Å². The van der Waals surface area contributed by atoms with Gasteiger partial charge in [-0.2, -0.15) is 0 Å². The minimum Gasteiger partial charge on any atom is -0.493 e. The van der Waals surface area contributed by atoms with Gasteiger partial charge in [0, 0.05) is 29.7 Å². The molecule has 2 aromatic carbocycles. The SMILES string of the molecule is Brc1ccc(OCCc2ccc(N3CCCCC3)cc2)cc1. The second-order valence-corrected chi connectivity index (χ2v) is 6.68. The van der Waals surface area contributed by atoms with Crippen molar-refractivity contribution in [2.24, 2.45) is 0 Å². The monoisotopic (exact) mass is 359 g/mol. The normalized spacial score (nSPS) is 14.9. The topological polar surface area (TPSA) is 12.5 Å². The van der Waals surface area contributed by atoms with E-state index in [9.17, 15) is 0 Å². The van der Waals surface area contributed by atoms with Gasteiger partial charge in [0.25, 0.3) is 0 Å². The van der Waals surface area contributed by atoms with Crippen LogP contribution in [0.4, 0.5) is 5.69 Å². The average Bonchev–Trinajstić information content (AvgIpc) is 2.58. The standard InChI is InChI=1S/C19H22BrNO/c20-17-6-10-19(11-7-17)22-15-12-16-4-8-18(9-5-16)21-13-2-1-3-14-21/h4-11H,1-3,12-15H2. The van der Waals surface area contributed by atoms with E-state index in [0.717, 1.165) is 16.6 Å². The van der Waals surface area contributed by atoms with Crippen LogP contribution in [0.3, 0.4) is 0 Å². The fourth-order valence-corrected chi connectivity index (χ4v) is 3.11. The quantitative estimate of drug-likeness (QED) is 0.739. The van der Waals surface area contributed by atoms with E-state index in [-0.39, 0.29) is 0 Å². The number of anilines is 1. The molecule has 116 valence electrons. The van der Waals surface area contributed by atoms with E-state index < -0.39 is 0 Å². The van der Waals surface area contributed by atoms with E-state index in [1.54, 1.807) is 0 Å². The van der Waals surface area contributed by atoms with E-state index in [2.05, 4.69) is 45.1 Å². The second-order valence-electron chi connectivity index (χ2n) is 5.77. The maximum absolute atomic E-state index is 5.78. The summed E-state index contributed by atoms with van der Waals surface area (Å²) < 4.78 is 6.86. The molecule has 0 bridgehead atoms. The lowest BCUT2D eigenvalue weighted by Gasteiger charge is -2.28. The van der Waals surface area contributed by atoms with Gasteiger partial charge in [-0.1, -0.05) is 28.1 Å². The molecule has 1 aliphatic rings. The molecule has 0 spiro atoms. The maximum atomic E-state index is 5.78. The first-order valence-corrected chi connectivity index (χ1v) is 8.83. The molecule has 0 unspecified atom stereocenters. The molecule has 3 heteroatoms. The number of hydrogen-bond acceptors (Lipinski definition) is 2. The summed E-state index contributed by atoms with van der Waals surface area (Å²) in [7, 11) is 0.